The molecular formula is C13H19N5O2. The Morgan fingerprint density at radius 2 is 2.15 bits per heavy atom. The molecule has 0 aliphatic carbocycles. The van der Waals surface area contributed by atoms with E-state index in [1.807, 2.05) is 0 Å². The van der Waals surface area contributed by atoms with Crippen LogP contribution in [0.3, 0.4) is 0 Å². The van der Waals surface area contributed by atoms with Gasteiger partial charge in [-0.25, -0.2) is 9.97 Å². The molecule has 0 spiro atoms. The molecule has 7 nitrogen and oxygen atoms in total. The third-order valence-corrected chi connectivity index (χ3v) is 2.91. The molecule has 1 atom stereocenters. The minimum atomic E-state index is 0.0694. The Bertz CT molecular complexity index is 555. The van der Waals surface area contributed by atoms with Crippen molar-refractivity contribution in [1.82, 2.24) is 20.1 Å². The van der Waals surface area contributed by atoms with Gasteiger partial charge in [0.1, 0.15) is 12.0 Å². The van der Waals surface area contributed by atoms with Crippen molar-refractivity contribution in [3.05, 3.63) is 18.3 Å². The van der Waals surface area contributed by atoms with Crippen molar-refractivity contribution in [2.45, 2.75) is 26.2 Å². The maximum Gasteiger partial charge on any atom is 0.231 e. The molecule has 108 valence electrons. The van der Waals surface area contributed by atoms with E-state index in [1.165, 1.54) is 6.33 Å². The molecule has 2 rings (SSSR count). The molecule has 7 heteroatoms. The van der Waals surface area contributed by atoms with E-state index in [0.29, 0.717) is 35.8 Å². The van der Waals surface area contributed by atoms with Gasteiger partial charge in [-0.05, 0) is 12.3 Å². The highest BCUT2D eigenvalue weighted by atomic mass is 16.5. The molecule has 20 heavy (non-hydrogen) atoms. The first-order valence-electron chi connectivity index (χ1n) is 6.54. The summed E-state index contributed by atoms with van der Waals surface area (Å²) >= 11 is 0. The maximum absolute atomic E-state index is 5.77. The summed E-state index contributed by atoms with van der Waals surface area (Å²) in [6.45, 7) is 4.75. The molecule has 0 saturated heterocycles. The quantitative estimate of drug-likeness (QED) is 0.856. The van der Waals surface area contributed by atoms with E-state index in [1.54, 1.807) is 13.2 Å². The molecule has 0 saturated carbocycles. The summed E-state index contributed by atoms with van der Waals surface area (Å²) < 4.78 is 10.4. The summed E-state index contributed by atoms with van der Waals surface area (Å²) in [6, 6.07) is 1.66. The van der Waals surface area contributed by atoms with Crippen LogP contribution in [0.1, 0.15) is 32.1 Å². The molecule has 1 unspecified atom stereocenters. The summed E-state index contributed by atoms with van der Waals surface area (Å²) in [5, 5.41) is 3.95. The highest BCUT2D eigenvalue weighted by Gasteiger charge is 2.20. The molecule has 0 aliphatic rings. The van der Waals surface area contributed by atoms with Crippen molar-refractivity contribution in [2.75, 3.05) is 13.7 Å². The second-order valence-electron chi connectivity index (χ2n) is 4.96. The topological polar surface area (TPSA) is 100.0 Å². The number of rotatable bonds is 6. The van der Waals surface area contributed by atoms with Crippen LogP contribution in [0.25, 0.3) is 11.5 Å². The van der Waals surface area contributed by atoms with Crippen LogP contribution < -0.4 is 10.5 Å². The normalized spacial score (nSPS) is 12.7. The van der Waals surface area contributed by atoms with Crippen LogP contribution in [0.4, 0.5) is 0 Å². The number of nitrogens with zero attached hydrogens (tertiary/aromatic N) is 4. The van der Waals surface area contributed by atoms with Crippen LogP contribution in [0.5, 0.6) is 5.88 Å². The smallest absolute Gasteiger partial charge is 0.231 e. The van der Waals surface area contributed by atoms with Crippen molar-refractivity contribution >= 4 is 0 Å². The van der Waals surface area contributed by atoms with Crippen molar-refractivity contribution in [1.29, 1.82) is 0 Å². The fourth-order valence-electron chi connectivity index (χ4n) is 1.95. The largest absolute Gasteiger partial charge is 0.481 e. The van der Waals surface area contributed by atoms with E-state index in [-0.39, 0.29) is 5.92 Å². The van der Waals surface area contributed by atoms with E-state index in [9.17, 15) is 0 Å². The Kier molecular flexibility index (Phi) is 4.62. The summed E-state index contributed by atoms with van der Waals surface area (Å²) in [5.41, 5.74) is 6.34. The van der Waals surface area contributed by atoms with Gasteiger partial charge in [0.15, 0.2) is 0 Å². The van der Waals surface area contributed by atoms with Gasteiger partial charge in [0.2, 0.25) is 17.6 Å². The first kappa shape index (κ1) is 14.4. The average Bonchev–Trinajstić information content (AvgIpc) is 2.94. The number of aromatic nitrogens is 4. The van der Waals surface area contributed by atoms with Crippen LogP contribution in [0.2, 0.25) is 0 Å². The van der Waals surface area contributed by atoms with Gasteiger partial charge in [-0.2, -0.15) is 4.98 Å². The van der Waals surface area contributed by atoms with Crippen LogP contribution in [0, 0.1) is 5.92 Å². The lowest BCUT2D eigenvalue weighted by Gasteiger charge is -2.11. The minimum absolute atomic E-state index is 0.0694. The minimum Gasteiger partial charge on any atom is -0.481 e. The lowest BCUT2D eigenvalue weighted by atomic mass is 9.97. The molecule has 2 heterocycles. The zero-order valence-corrected chi connectivity index (χ0v) is 11.9. The fourth-order valence-corrected chi connectivity index (χ4v) is 1.95. The Morgan fingerprint density at radius 3 is 2.80 bits per heavy atom. The number of hydrogen-bond acceptors (Lipinski definition) is 7. The Hall–Kier alpha value is -2.02. The maximum atomic E-state index is 5.77. The molecule has 0 aliphatic heterocycles. The van der Waals surface area contributed by atoms with Gasteiger partial charge in [0.05, 0.1) is 13.0 Å². The molecule has 2 N–H and O–H groups in total. The van der Waals surface area contributed by atoms with E-state index >= 15 is 0 Å². The van der Waals surface area contributed by atoms with Crippen LogP contribution in [0.15, 0.2) is 16.9 Å². The lowest BCUT2D eigenvalue weighted by molar-refractivity contribution is 0.334. The lowest BCUT2D eigenvalue weighted by Crippen LogP contribution is -2.15. The molecular weight excluding hydrogens is 258 g/mol. The van der Waals surface area contributed by atoms with Crippen LogP contribution in [-0.4, -0.2) is 33.8 Å². The summed E-state index contributed by atoms with van der Waals surface area (Å²) in [4.78, 5) is 12.4. The van der Waals surface area contributed by atoms with Gasteiger partial charge in [0, 0.05) is 12.6 Å². The predicted molar refractivity (Wildman–Crippen MR) is 73.1 cm³/mol. The molecule has 2 aromatic heterocycles. The molecule has 0 bridgehead atoms. The Morgan fingerprint density at radius 1 is 1.35 bits per heavy atom. The SMILES string of the molecule is COc1cc(-c2noc(C(CN)CC(C)C)n2)ncn1. The van der Waals surface area contributed by atoms with Gasteiger partial charge in [-0.1, -0.05) is 19.0 Å². The Labute approximate surface area is 117 Å². The van der Waals surface area contributed by atoms with Gasteiger partial charge >= 0.3 is 0 Å². The van der Waals surface area contributed by atoms with E-state index in [4.69, 9.17) is 15.0 Å². The van der Waals surface area contributed by atoms with Crippen molar-refractivity contribution in [3.8, 4) is 17.4 Å². The van der Waals surface area contributed by atoms with Crippen molar-refractivity contribution < 1.29 is 9.26 Å². The highest BCUT2D eigenvalue weighted by Crippen LogP contribution is 2.24. The van der Waals surface area contributed by atoms with Gasteiger partial charge < -0.3 is 15.0 Å². The summed E-state index contributed by atoms with van der Waals surface area (Å²) in [6.07, 6.45) is 2.31. The number of hydrogen-bond donors (Lipinski definition) is 1. The second kappa shape index (κ2) is 6.42. The number of nitrogens with two attached hydrogens (primary N) is 1. The third kappa shape index (κ3) is 3.30. The standard InChI is InChI=1S/C13H19N5O2/c1-8(2)4-9(6-14)13-17-12(18-20-13)10-5-11(19-3)16-7-15-10/h5,7-9H,4,6,14H2,1-3H3. The van der Waals surface area contributed by atoms with Crippen molar-refractivity contribution in [3.63, 3.8) is 0 Å². The third-order valence-electron chi connectivity index (χ3n) is 2.91. The summed E-state index contributed by atoms with van der Waals surface area (Å²) in [7, 11) is 1.54. The number of methoxy groups -OCH3 is 1. The highest BCUT2D eigenvalue weighted by molar-refractivity contribution is 5.49. The molecule has 0 aromatic carbocycles. The molecule has 2 aromatic rings. The predicted octanol–water partition coefficient (Wildman–Crippen LogP) is 1.62. The zero-order valence-electron chi connectivity index (χ0n) is 11.9. The van der Waals surface area contributed by atoms with Gasteiger partial charge in [0.25, 0.3) is 0 Å². The molecule has 0 radical (unpaired) electrons. The fraction of sp³-hybridized carbons (Fsp3) is 0.538. The average molecular weight is 277 g/mol. The van der Waals surface area contributed by atoms with Gasteiger partial charge in [-0.3, -0.25) is 0 Å². The van der Waals surface area contributed by atoms with Gasteiger partial charge in [-0.15, -0.1) is 0 Å². The number of ether oxygens (including phenoxy) is 1. The van der Waals surface area contributed by atoms with Crippen LogP contribution in [-0.2, 0) is 0 Å². The first-order chi connectivity index (χ1) is 9.63. The second-order valence-corrected chi connectivity index (χ2v) is 4.96. The van der Waals surface area contributed by atoms with Crippen molar-refractivity contribution in [2.24, 2.45) is 11.7 Å². The summed E-state index contributed by atoms with van der Waals surface area (Å²) in [5.74, 6) is 2.01. The monoisotopic (exact) mass is 277 g/mol. The van der Waals surface area contributed by atoms with E-state index in [0.717, 1.165) is 6.42 Å². The van der Waals surface area contributed by atoms with E-state index in [2.05, 4.69) is 34.0 Å². The molecule has 0 fully saturated rings. The zero-order chi connectivity index (χ0) is 14.5. The Balaban J connectivity index is 2.23. The first-order valence-corrected chi connectivity index (χ1v) is 6.54. The molecule has 0 amide bonds. The van der Waals surface area contributed by atoms with Crippen LogP contribution >= 0.6 is 0 Å². The van der Waals surface area contributed by atoms with E-state index < -0.39 is 0 Å².